The lowest BCUT2D eigenvalue weighted by atomic mass is 9.99. The highest BCUT2D eigenvalue weighted by Crippen LogP contribution is 2.33. The summed E-state index contributed by atoms with van der Waals surface area (Å²) in [5, 5.41) is 0. The molecule has 106 valence electrons. The standard InChI is InChI=1S/C16H14N2O3/c1-9(19)10-5-7-11(8-6-10)18-15(20)12-3-2-4-13(17)14(12)16(18)21/h2-5,7H,6,8,17H2,1H3. The van der Waals surface area contributed by atoms with Gasteiger partial charge in [-0.2, -0.15) is 0 Å². The lowest BCUT2D eigenvalue weighted by Crippen LogP contribution is -2.30. The van der Waals surface area contributed by atoms with E-state index in [-0.39, 0.29) is 23.2 Å². The molecule has 2 amide bonds. The summed E-state index contributed by atoms with van der Waals surface area (Å²) in [4.78, 5) is 37.3. The van der Waals surface area contributed by atoms with Gasteiger partial charge in [-0.15, -0.1) is 0 Å². The number of anilines is 1. The maximum absolute atomic E-state index is 12.4. The van der Waals surface area contributed by atoms with Crippen LogP contribution in [0, 0.1) is 0 Å². The highest BCUT2D eigenvalue weighted by Gasteiger charge is 2.39. The second-order valence-electron chi connectivity index (χ2n) is 5.12. The molecule has 2 aliphatic rings. The molecule has 1 aromatic carbocycles. The summed E-state index contributed by atoms with van der Waals surface area (Å²) in [5.41, 5.74) is 8.02. The van der Waals surface area contributed by atoms with E-state index in [1.165, 1.54) is 6.92 Å². The maximum Gasteiger partial charge on any atom is 0.267 e. The molecule has 2 N–H and O–H groups in total. The number of nitrogens with two attached hydrogens (primary N) is 1. The van der Waals surface area contributed by atoms with Crippen LogP contribution >= 0.6 is 0 Å². The van der Waals surface area contributed by atoms with E-state index in [0.29, 0.717) is 35.4 Å². The van der Waals surface area contributed by atoms with Gasteiger partial charge in [0.15, 0.2) is 5.78 Å². The lowest BCUT2D eigenvalue weighted by Gasteiger charge is -2.20. The first-order chi connectivity index (χ1) is 10.0. The fourth-order valence-electron chi connectivity index (χ4n) is 2.68. The molecule has 0 bridgehead atoms. The van der Waals surface area contributed by atoms with Crippen LogP contribution in [0.1, 0.15) is 40.5 Å². The Morgan fingerprint density at radius 3 is 2.48 bits per heavy atom. The summed E-state index contributed by atoms with van der Waals surface area (Å²) in [6, 6.07) is 4.87. The van der Waals surface area contributed by atoms with Crippen LogP contribution in [0.25, 0.3) is 0 Å². The van der Waals surface area contributed by atoms with Gasteiger partial charge in [-0.1, -0.05) is 12.1 Å². The molecule has 1 aliphatic carbocycles. The van der Waals surface area contributed by atoms with Crippen molar-refractivity contribution in [2.75, 3.05) is 5.73 Å². The molecule has 1 aromatic rings. The number of ketones is 1. The minimum atomic E-state index is -0.390. The highest BCUT2D eigenvalue weighted by molar-refractivity contribution is 6.24. The molecule has 0 saturated heterocycles. The van der Waals surface area contributed by atoms with E-state index in [2.05, 4.69) is 0 Å². The average molecular weight is 282 g/mol. The summed E-state index contributed by atoms with van der Waals surface area (Å²) >= 11 is 0. The van der Waals surface area contributed by atoms with Crippen LogP contribution in [0.3, 0.4) is 0 Å². The molecule has 5 heteroatoms. The van der Waals surface area contributed by atoms with Crippen molar-refractivity contribution >= 4 is 23.3 Å². The molecule has 0 unspecified atom stereocenters. The Hall–Kier alpha value is -2.69. The van der Waals surface area contributed by atoms with E-state index >= 15 is 0 Å². The molecule has 21 heavy (non-hydrogen) atoms. The number of allylic oxidation sites excluding steroid dienone is 4. The number of rotatable bonds is 2. The number of nitrogens with zero attached hydrogens (tertiary/aromatic N) is 1. The van der Waals surface area contributed by atoms with E-state index in [9.17, 15) is 14.4 Å². The van der Waals surface area contributed by atoms with Gasteiger partial charge in [-0.25, -0.2) is 4.90 Å². The van der Waals surface area contributed by atoms with Crippen LogP contribution in [-0.4, -0.2) is 22.5 Å². The van der Waals surface area contributed by atoms with Gasteiger partial charge in [-0.3, -0.25) is 14.4 Å². The van der Waals surface area contributed by atoms with Crippen molar-refractivity contribution in [3.63, 3.8) is 0 Å². The number of carbonyl (C=O) groups excluding carboxylic acids is 3. The zero-order chi connectivity index (χ0) is 15.1. The summed E-state index contributed by atoms with van der Waals surface area (Å²) in [7, 11) is 0. The predicted octanol–water partition coefficient (Wildman–Crippen LogP) is 2.06. The maximum atomic E-state index is 12.4. The van der Waals surface area contributed by atoms with Crippen molar-refractivity contribution < 1.29 is 14.4 Å². The normalized spacial score (nSPS) is 17.5. The number of benzene rings is 1. The van der Waals surface area contributed by atoms with Crippen molar-refractivity contribution in [1.82, 2.24) is 4.90 Å². The molecule has 3 rings (SSSR count). The summed E-state index contributed by atoms with van der Waals surface area (Å²) in [6.45, 7) is 1.51. The Morgan fingerprint density at radius 2 is 1.90 bits per heavy atom. The van der Waals surface area contributed by atoms with Gasteiger partial charge in [0.25, 0.3) is 11.8 Å². The second kappa shape index (κ2) is 4.70. The minimum Gasteiger partial charge on any atom is -0.398 e. The molecule has 0 spiro atoms. The van der Waals surface area contributed by atoms with Gasteiger partial charge in [0.05, 0.1) is 11.1 Å². The fourth-order valence-corrected chi connectivity index (χ4v) is 2.68. The van der Waals surface area contributed by atoms with Crippen LogP contribution in [0.4, 0.5) is 5.69 Å². The second-order valence-corrected chi connectivity index (χ2v) is 5.12. The van der Waals surface area contributed by atoms with Gasteiger partial charge >= 0.3 is 0 Å². The van der Waals surface area contributed by atoms with Gasteiger partial charge in [0, 0.05) is 11.4 Å². The number of carbonyl (C=O) groups is 3. The number of imide groups is 1. The SMILES string of the molecule is CC(=O)C1=CC=C(N2C(=O)c3cccc(N)c3C2=O)CC1. The van der Waals surface area contributed by atoms with Gasteiger partial charge < -0.3 is 5.73 Å². The van der Waals surface area contributed by atoms with E-state index in [4.69, 9.17) is 5.73 Å². The van der Waals surface area contributed by atoms with Gasteiger partial charge in [0.1, 0.15) is 0 Å². The zero-order valence-electron chi connectivity index (χ0n) is 11.6. The third kappa shape index (κ3) is 1.98. The topological polar surface area (TPSA) is 80.5 Å². The molecule has 0 saturated carbocycles. The molecule has 0 atom stereocenters. The van der Waals surface area contributed by atoms with Crippen LogP contribution in [0.5, 0.6) is 0 Å². The third-order valence-corrected chi connectivity index (χ3v) is 3.81. The van der Waals surface area contributed by atoms with E-state index in [0.717, 1.165) is 4.90 Å². The Kier molecular flexibility index (Phi) is 2.97. The first-order valence-corrected chi connectivity index (χ1v) is 6.68. The van der Waals surface area contributed by atoms with Crippen LogP contribution in [0.2, 0.25) is 0 Å². The molecule has 0 radical (unpaired) electrons. The summed E-state index contributed by atoms with van der Waals surface area (Å²) < 4.78 is 0. The molecular weight excluding hydrogens is 268 g/mol. The Morgan fingerprint density at radius 1 is 1.14 bits per heavy atom. The molecule has 5 nitrogen and oxygen atoms in total. The van der Waals surface area contributed by atoms with E-state index in [1.54, 1.807) is 30.4 Å². The van der Waals surface area contributed by atoms with Crippen molar-refractivity contribution in [3.05, 3.63) is 52.7 Å². The van der Waals surface area contributed by atoms with Crippen molar-refractivity contribution in [3.8, 4) is 0 Å². The number of hydrogen-bond acceptors (Lipinski definition) is 4. The Balaban J connectivity index is 2.00. The number of Topliss-reactive ketones (excluding diaryl/α,β-unsaturated/α-hetero) is 1. The summed E-state index contributed by atoms with van der Waals surface area (Å²) in [6.07, 6.45) is 4.35. The largest absolute Gasteiger partial charge is 0.398 e. The van der Waals surface area contributed by atoms with Gasteiger partial charge in [0.2, 0.25) is 0 Å². The first kappa shape index (κ1) is 13.3. The van der Waals surface area contributed by atoms with E-state index < -0.39 is 0 Å². The average Bonchev–Trinajstić information content (AvgIpc) is 2.72. The Labute approximate surface area is 121 Å². The van der Waals surface area contributed by atoms with Crippen LogP contribution < -0.4 is 5.73 Å². The summed E-state index contributed by atoms with van der Waals surface area (Å²) in [5.74, 6) is -0.732. The number of amides is 2. The molecule has 1 aliphatic heterocycles. The minimum absolute atomic E-state index is 0.0110. The molecular formula is C16H14N2O3. The van der Waals surface area contributed by atoms with Crippen molar-refractivity contribution in [2.24, 2.45) is 0 Å². The van der Waals surface area contributed by atoms with Crippen molar-refractivity contribution in [2.45, 2.75) is 19.8 Å². The molecule has 1 heterocycles. The third-order valence-electron chi connectivity index (χ3n) is 3.81. The zero-order valence-corrected chi connectivity index (χ0v) is 11.6. The number of hydrogen-bond donors (Lipinski definition) is 1. The van der Waals surface area contributed by atoms with E-state index in [1.807, 2.05) is 0 Å². The van der Waals surface area contributed by atoms with Crippen molar-refractivity contribution in [1.29, 1.82) is 0 Å². The monoisotopic (exact) mass is 282 g/mol. The van der Waals surface area contributed by atoms with Gasteiger partial charge in [-0.05, 0) is 43.5 Å². The lowest BCUT2D eigenvalue weighted by molar-refractivity contribution is -0.113. The Bertz CT molecular complexity index is 744. The highest BCUT2D eigenvalue weighted by atomic mass is 16.2. The fraction of sp³-hybridized carbons (Fsp3) is 0.188. The smallest absolute Gasteiger partial charge is 0.267 e. The molecule has 0 aromatic heterocycles. The first-order valence-electron chi connectivity index (χ1n) is 6.68. The molecule has 0 fully saturated rings. The van der Waals surface area contributed by atoms with Crippen LogP contribution in [0.15, 0.2) is 41.6 Å². The number of fused-ring (bicyclic) bond motifs is 1. The number of nitrogen functional groups attached to an aromatic ring is 1. The quantitative estimate of drug-likeness (QED) is 0.665. The van der Waals surface area contributed by atoms with Crippen LogP contribution in [-0.2, 0) is 4.79 Å². The predicted molar refractivity (Wildman–Crippen MR) is 77.4 cm³/mol.